The Morgan fingerprint density at radius 2 is 1.90 bits per heavy atom. The predicted octanol–water partition coefficient (Wildman–Crippen LogP) is 5.40. The minimum absolute atomic E-state index is 0.225. The van der Waals surface area contributed by atoms with Crippen LogP contribution in [0, 0.1) is 10.1 Å². The molecule has 0 N–H and O–H groups in total. The predicted molar refractivity (Wildman–Crippen MR) is 120 cm³/mol. The van der Waals surface area contributed by atoms with Crippen LogP contribution >= 0.6 is 11.3 Å². The van der Waals surface area contributed by atoms with Gasteiger partial charge in [-0.25, -0.2) is 4.98 Å². The van der Waals surface area contributed by atoms with Gasteiger partial charge in [-0.15, -0.1) is 0 Å². The standard InChI is InChI=1S/C23H28N4O2S/c1-17(2)20-5-3-18(4-6-20)15-26-12-9-24-23(26)21-7-10-25(11-8-21)14-19-13-22(27(28)29)30-16-19/h3-6,9,12-13,16-17,21H,7-8,10-11,14-15H2,1-2H3. The minimum Gasteiger partial charge on any atom is -0.330 e. The first-order valence-electron chi connectivity index (χ1n) is 10.5. The number of rotatable bonds is 7. The Labute approximate surface area is 181 Å². The second-order valence-electron chi connectivity index (χ2n) is 8.41. The lowest BCUT2D eigenvalue weighted by Crippen LogP contribution is -2.33. The summed E-state index contributed by atoms with van der Waals surface area (Å²) in [5.74, 6) is 2.19. The summed E-state index contributed by atoms with van der Waals surface area (Å²) in [6.07, 6.45) is 6.13. The second kappa shape index (κ2) is 9.10. The van der Waals surface area contributed by atoms with Crippen molar-refractivity contribution in [3.05, 3.63) is 80.7 Å². The zero-order valence-electron chi connectivity index (χ0n) is 17.5. The molecule has 0 spiro atoms. The van der Waals surface area contributed by atoms with Gasteiger partial charge in [-0.3, -0.25) is 15.0 Å². The van der Waals surface area contributed by atoms with Crippen molar-refractivity contribution >= 4 is 16.3 Å². The molecule has 1 aliphatic rings. The maximum Gasteiger partial charge on any atom is 0.324 e. The molecule has 1 fully saturated rings. The Balaban J connectivity index is 1.35. The number of aromatic nitrogens is 2. The summed E-state index contributed by atoms with van der Waals surface area (Å²) in [6.45, 7) is 8.05. The summed E-state index contributed by atoms with van der Waals surface area (Å²) >= 11 is 1.21. The number of imidazole rings is 1. The monoisotopic (exact) mass is 424 g/mol. The van der Waals surface area contributed by atoms with E-state index in [9.17, 15) is 10.1 Å². The van der Waals surface area contributed by atoms with Gasteiger partial charge < -0.3 is 4.57 Å². The van der Waals surface area contributed by atoms with E-state index in [1.165, 1.54) is 28.3 Å². The molecule has 0 atom stereocenters. The fourth-order valence-electron chi connectivity index (χ4n) is 4.17. The van der Waals surface area contributed by atoms with Crippen LogP contribution in [0.15, 0.2) is 48.1 Å². The lowest BCUT2D eigenvalue weighted by atomic mass is 9.95. The van der Waals surface area contributed by atoms with Crippen LogP contribution in [0.25, 0.3) is 0 Å². The highest BCUT2D eigenvalue weighted by atomic mass is 32.1. The van der Waals surface area contributed by atoms with Gasteiger partial charge in [0.2, 0.25) is 0 Å². The number of piperidine rings is 1. The zero-order valence-corrected chi connectivity index (χ0v) is 18.3. The van der Waals surface area contributed by atoms with Crippen LogP contribution in [0.4, 0.5) is 5.00 Å². The van der Waals surface area contributed by atoms with E-state index in [-0.39, 0.29) is 9.92 Å². The first-order valence-corrected chi connectivity index (χ1v) is 11.4. The van der Waals surface area contributed by atoms with Crippen LogP contribution in [0.5, 0.6) is 0 Å². The van der Waals surface area contributed by atoms with Crippen molar-refractivity contribution in [1.82, 2.24) is 14.5 Å². The van der Waals surface area contributed by atoms with Crippen LogP contribution in [0.2, 0.25) is 0 Å². The molecule has 1 aliphatic heterocycles. The SMILES string of the molecule is CC(C)c1ccc(Cn2ccnc2C2CCN(Cc3csc([N+](=O)[O-])c3)CC2)cc1. The van der Waals surface area contributed by atoms with E-state index in [0.717, 1.165) is 44.6 Å². The first-order chi connectivity index (χ1) is 14.5. The fraction of sp³-hybridized carbons (Fsp3) is 0.435. The van der Waals surface area contributed by atoms with Crippen LogP contribution in [0.1, 0.15) is 61.0 Å². The summed E-state index contributed by atoms with van der Waals surface area (Å²) in [5, 5.41) is 13.0. The summed E-state index contributed by atoms with van der Waals surface area (Å²) in [6, 6.07) is 10.6. The van der Waals surface area contributed by atoms with Crippen molar-refractivity contribution < 1.29 is 4.92 Å². The highest BCUT2D eigenvalue weighted by molar-refractivity contribution is 7.13. The molecule has 1 saturated heterocycles. The molecule has 0 unspecified atom stereocenters. The number of benzene rings is 1. The van der Waals surface area contributed by atoms with Crippen molar-refractivity contribution in [2.45, 2.75) is 51.6 Å². The van der Waals surface area contributed by atoms with E-state index in [4.69, 9.17) is 0 Å². The average molecular weight is 425 g/mol. The molecule has 0 amide bonds. The molecule has 0 aliphatic carbocycles. The van der Waals surface area contributed by atoms with Gasteiger partial charge in [0.05, 0.1) is 4.92 Å². The number of nitro groups is 1. The third-order valence-corrected chi connectivity index (χ3v) is 6.85. The molecule has 2 aromatic heterocycles. The molecule has 158 valence electrons. The summed E-state index contributed by atoms with van der Waals surface area (Å²) in [5.41, 5.74) is 3.71. The number of hydrogen-bond acceptors (Lipinski definition) is 5. The van der Waals surface area contributed by atoms with Crippen molar-refractivity contribution in [2.75, 3.05) is 13.1 Å². The fourth-order valence-corrected chi connectivity index (χ4v) is 4.89. The van der Waals surface area contributed by atoms with Crippen LogP contribution in [0.3, 0.4) is 0 Å². The van der Waals surface area contributed by atoms with Crippen LogP contribution in [-0.4, -0.2) is 32.5 Å². The maximum absolute atomic E-state index is 10.9. The Bertz CT molecular complexity index is 985. The van der Waals surface area contributed by atoms with E-state index in [0.29, 0.717) is 11.8 Å². The Morgan fingerprint density at radius 3 is 2.53 bits per heavy atom. The van der Waals surface area contributed by atoms with Crippen LogP contribution < -0.4 is 0 Å². The molecule has 6 nitrogen and oxygen atoms in total. The molecule has 30 heavy (non-hydrogen) atoms. The second-order valence-corrected chi connectivity index (χ2v) is 9.30. The molecule has 4 rings (SSSR count). The van der Waals surface area contributed by atoms with Crippen molar-refractivity contribution in [3.8, 4) is 0 Å². The van der Waals surface area contributed by atoms with Gasteiger partial charge in [0.15, 0.2) is 0 Å². The van der Waals surface area contributed by atoms with Crippen LogP contribution in [-0.2, 0) is 13.1 Å². The maximum atomic E-state index is 10.9. The third kappa shape index (κ3) is 4.79. The van der Waals surface area contributed by atoms with Gasteiger partial charge in [0, 0.05) is 42.8 Å². The number of thiophene rings is 1. The summed E-state index contributed by atoms with van der Waals surface area (Å²) in [4.78, 5) is 17.6. The van der Waals surface area contributed by atoms with Gasteiger partial charge in [-0.05, 0) is 48.5 Å². The Morgan fingerprint density at radius 1 is 1.17 bits per heavy atom. The van der Waals surface area contributed by atoms with Gasteiger partial charge in [-0.2, -0.15) is 0 Å². The van der Waals surface area contributed by atoms with Gasteiger partial charge in [-0.1, -0.05) is 49.4 Å². The smallest absolute Gasteiger partial charge is 0.324 e. The molecule has 0 saturated carbocycles. The molecule has 7 heteroatoms. The highest BCUT2D eigenvalue weighted by Crippen LogP contribution is 2.30. The molecule has 0 radical (unpaired) electrons. The topological polar surface area (TPSA) is 64.2 Å². The number of nitrogens with zero attached hydrogens (tertiary/aromatic N) is 4. The van der Waals surface area contributed by atoms with E-state index in [2.05, 4.69) is 58.8 Å². The highest BCUT2D eigenvalue weighted by Gasteiger charge is 2.24. The molecular weight excluding hydrogens is 396 g/mol. The molecule has 0 bridgehead atoms. The van der Waals surface area contributed by atoms with Crippen molar-refractivity contribution in [2.24, 2.45) is 0 Å². The normalized spacial score (nSPS) is 15.7. The molecule has 3 aromatic rings. The third-order valence-electron chi connectivity index (χ3n) is 5.93. The number of likely N-dealkylation sites (tertiary alicyclic amines) is 1. The first kappa shape index (κ1) is 20.8. The van der Waals surface area contributed by atoms with Gasteiger partial charge >= 0.3 is 5.00 Å². The number of hydrogen-bond donors (Lipinski definition) is 0. The van der Waals surface area contributed by atoms with E-state index >= 15 is 0 Å². The van der Waals surface area contributed by atoms with Gasteiger partial charge in [0.1, 0.15) is 5.82 Å². The van der Waals surface area contributed by atoms with Crippen molar-refractivity contribution in [3.63, 3.8) is 0 Å². The molecular formula is C23H28N4O2S. The van der Waals surface area contributed by atoms with Crippen molar-refractivity contribution in [1.29, 1.82) is 0 Å². The summed E-state index contributed by atoms with van der Waals surface area (Å²) < 4.78 is 2.28. The lowest BCUT2D eigenvalue weighted by molar-refractivity contribution is -0.380. The lowest BCUT2D eigenvalue weighted by Gasteiger charge is -2.31. The zero-order chi connectivity index (χ0) is 21.1. The van der Waals surface area contributed by atoms with E-state index in [1.54, 1.807) is 6.07 Å². The molecule has 1 aromatic carbocycles. The van der Waals surface area contributed by atoms with E-state index in [1.807, 2.05) is 11.6 Å². The quantitative estimate of drug-likeness (QED) is 0.376. The Kier molecular flexibility index (Phi) is 6.29. The van der Waals surface area contributed by atoms with E-state index < -0.39 is 0 Å². The molecule has 3 heterocycles. The summed E-state index contributed by atoms with van der Waals surface area (Å²) in [7, 11) is 0. The average Bonchev–Trinajstić information content (AvgIpc) is 3.39. The minimum atomic E-state index is -0.309. The largest absolute Gasteiger partial charge is 0.330 e. The Hall–Kier alpha value is -2.51. The van der Waals surface area contributed by atoms with Gasteiger partial charge in [0.25, 0.3) is 0 Å².